The van der Waals surface area contributed by atoms with Crippen LogP contribution in [0.2, 0.25) is 0 Å². The minimum atomic E-state index is 0.00369. The van der Waals surface area contributed by atoms with Gasteiger partial charge in [0, 0.05) is 50.3 Å². The number of amides is 1. The first-order valence-corrected chi connectivity index (χ1v) is 9.26. The number of aryl methyl sites for hydroxylation is 1. The molecule has 1 fully saturated rings. The average Bonchev–Trinajstić information content (AvgIpc) is 2.68. The molecule has 2 aromatic rings. The third-order valence-electron chi connectivity index (χ3n) is 4.82. The summed E-state index contributed by atoms with van der Waals surface area (Å²) in [5, 5.41) is 3.21. The van der Waals surface area contributed by atoms with E-state index in [-0.39, 0.29) is 5.91 Å². The highest BCUT2D eigenvalue weighted by atomic mass is 16.2. The molecular weight excluding hydrogens is 326 g/mol. The van der Waals surface area contributed by atoms with Crippen molar-refractivity contribution in [2.24, 2.45) is 0 Å². The van der Waals surface area contributed by atoms with Crippen molar-refractivity contribution in [3.8, 4) is 0 Å². The number of piperazine rings is 1. The summed E-state index contributed by atoms with van der Waals surface area (Å²) >= 11 is 0. The van der Waals surface area contributed by atoms with Crippen LogP contribution in [-0.2, 0) is 0 Å². The van der Waals surface area contributed by atoms with Crippen LogP contribution in [0.25, 0.3) is 0 Å². The molecule has 6 nitrogen and oxygen atoms in total. The van der Waals surface area contributed by atoms with E-state index in [0.29, 0.717) is 30.6 Å². The number of benzene rings is 1. The Morgan fingerprint density at radius 3 is 2.50 bits per heavy atom. The van der Waals surface area contributed by atoms with Crippen LogP contribution in [0.3, 0.4) is 0 Å². The Kier molecular flexibility index (Phi) is 5.71. The average molecular weight is 353 g/mol. The van der Waals surface area contributed by atoms with Crippen LogP contribution in [0.1, 0.15) is 36.2 Å². The fourth-order valence-electron chi connectivity index (χ4n) is 3.01. The maximum atomic E-state index is 12.7. The first kappa shape index (κ1) is 18.2. The Hall–Kier alpha value is -2.63. The van der Waals surface area contributed by atoms with Gasteiger partial charge in [0.2, 0.25) is 5.95 Å². The molecule has 1 aliphatic rings. The van der Waals surface area contributed by atoms with E-state index in [2.05, 4.69) is 65.2 Å². The van der Waals surface area contributed by atoms with Gasteiger partial charge in [-0.05, 0) is 38.0 Å². The standard InChI is InChI=1S/C20H27N5O/c1-4-16(3)23-20-21-13-17(14-22-20)19(26)25-10-8-24(9-11-25)18-7-5-6-15(2)12-18/h5-7,12-14,16H,4,8-11H2,1-3H3,(H,21,22,23). The molecule has 1 aromatic carbocycles. The van der Waals surface area contributed by atoms with Crippen LogP contribution in [0, 0.1) is 6.92 Å². The normalized spacial score (nSPS) is 15.7. The van der Waals surface area contributed by atoms with Crippen molar-refractivity contribution in [1.82, 2.24) is 14.9 Å². The smallest absolute Gasteiger partial charge is 0.257 e. The summed E-state index contributed by atoms with van der Waals surface area (Å²) in [6.07, 6.45) is 4.23. The topological polar surface area (TPSA) is 61.4 Å². The van der Waals surface area contributed by atoms with Gasteiger partial charge in [-0.3, -0.25) is 4.79 Å². The number of rotatable bonds is 5. The van der Waals surface area contributed by atoms with E-state index in [4.69, 9.17) is 0 Å². The molecule has 6 heteroatoms. The molecule has 1 unspecified atom stereocenters. The van der Waals surface area contributed by atoms with Gasteiger partial charge in [0.1, 0.15) is 0 Å². The molecule has 26 heavy (non-hydrogen) atoms. The molecule has 3 rings (SSSR count). The lowest BCUT2D eigenvalue weighted by Crippen LogP contribution is -2.48. The highest BCUT2D eigenvalue weighted by molar-refractivity contribution is 5.93. The van der Waals surface area contributed by atoms with Crippen molar-refractivity contribution < 1.29 is 4.79 Å². The predicted octanol–water partition coefficient (Wildman–Crippen LogP) is 2.96. The van der Waals surface area contributed by atoms with Crippen LogP contribution < -0.4 is 10.2 Å². The molecule has 1 saturated heterocycles. The van der Waals surface area contributed by atoms with Gasteiger partial charge < -0.3 is 15.1 Å². The molecule has 0 saturated carbocycles. The Bertz CT molecular complexity index is 738. The van der Waals surface area contributed by atoms with Gasteiger partial charge >= 0.3 is 0 Å². The zero-order valence-corrected chi connectivity index (χ0v) is 15.8. The lowest BCUT2D eigenvalue weighted by Gasteiger charge is -2.36. The zero-order chi connectivity index (χ0) is 18.5. The van der Waals surface area contributed by atoms with E-state index in [1.807, 2.05) is 4.90 Å². The third kappa shape index (κ3) is 4.31. The summed E-state index contributed by atoms with van der Waals surface area (Å²) in [4.78, 5) is 25.5. The summed E-state index contributed by atoms with van der Waals surface area (Å²) < 4.78 is 0. The Morgan fingerprint density at radius 1 is 1.19 bits per heavy atom. The van der Waals surface area contributed by atoms with Crippen molar-refractivity contribution in [3.63, 3.8) is 0 Å². The van der Waals surface area contributed by atoms with Gasteiger partial charge in [0.05, 0.1) is 5.56 Å². The second-order valence-electron chi connectivity index (χ2n) is 6.87. The van der Waals surface area contributed by atoms with E-state index < -0.39 is 0 Å². The van der Waals surface area contributed by atoms with E-state index in [1.165, 1.54) is 11.3 Å². The van der Waals surface area contributed by atoms with E-state index in [0.717, 1.165) is 19.5 Å². The molecule has 1 atom stereocenters. The summed E-state index contributed by atoms with van der Waals surface area (Å²) in [5.74, 6) is 0.573. The van der Waals surface area contributed by atoms with Crippen LogP contribution in [0.15, 0.2) is 36.7 Å². The molecule has 1 aliphatic heterocycles. The first-order valence-electron chi connectivity index (χ1n) is 9.26. The Morgan fingerprint density at radius 2 is 1.88 bits per heavy atom. The Balaban J connectivity index is 1.58. The van der Waals surface area contributed by atoms with Crippen molar-refractivity contribution in [3.05, 3.63) is 47.8 Å². The molecule has 138 valence electrons. The lowest BCUT2D eigenvalue weighted by atomic mass is 10.2. The molecule has 2 heterocycles. The SMILES string of the molecule is CCC(C)Nc1ncc(C(=O)N2CCN(c3cccc(C)c3)CC2)cn1. The van der Waals surface area contributed by atoms with Crippen LogP contribution >= 0.6 is 0 Å². The fourth-order valence-corrected chi connectivity index (χ4v) is 3.01. The summed E-state index contributed by atoms with van der Waals surface area (Å²) in [6, 6.07) is 8.80. The molecule has 1 aromatic heterocycles. The maximum absolute atomic E-state index is 12.7. The largest absolute Gasteiger partial charge is 0.368 e. The molecule has 0 bridgehead atoms. The second-order valence-corrected chi connectivity index (χ2v) is 6.87. The second kappa shape index (κ2) is 8.17. The number of nitrogens with one attached hydrogen (secondary N) is 1. The third-order valence-corrected chi connectivity index (χ3v) is 4.82. The van der Waals surface area contributed by atoms with Gasteiger partial charge in [0.15, 0.2) is 0 Å². The van der Waals surface area contributed by atoms with E-state index in [1.54, 1.807) is 12.4 Å². The van der Waals surface area contributed by atoms with E-state index >= 15 is 0 Å². The van der Waals surface area contributed by atoms with Gasteiger partial charge in [-0.1, -0.05) is 19.1 Å². The van der Waals surface area contributed by atoms with Gasteiger partial charge in [-0.25, -0.2) is 9.97 Å². The number of anilines is 2. The first-order chi connectivity index (χ1) is 12.6. The van der Waals surface area contributed by atoms with Gasteiger partial charge in [0.25, 0.3) is 5.91 Å². The minimum Gasteiger partial charge on any atom is -0.368 e. The van der Waals surface area contributed by atoms with Crippen molar-refractivity contribution in [2.75, 3.05) is 36.4 Å². The minimum absolute atomic E-state index is 0.00369. The number of aromatic nitrogens is 2. The quantitative estimate of drug-likeness (QED) is 0.895. The number of hydrogen-bond donors (Lipinski definition) is 1. The number of hydrogen-bond acceptors (Lipinski definition) is 5. The van der Waals surface area contributed by atoms with E-state index in [9.17, 15) is 4.79 Å². The fraction of sp³-hybridized carbons (Fsp3) is 0.450. The highest BCUT2D eigenvalue weighted by Gasteiger charge is 2.23. The van der Waals surface area contributed by atoms with Crippen molar-refractivity contribution >= 4 is 17.5 Å². The van der Waals surface area contributed by atoms with Crippen LogP contribution in [-0.4, -0.2) is 53.0 Å². The molecule has 0 radical (unpaired) electrons. The number of carbonyl (C=O) groups excluding carboxylic acids is 1. The van der Waals surface area contributed by atoms with Crippen LogP contribution in [0.4, 0.5) is 11.6 Å². The Labute approximate surface area is 155 Å². The molecule has 0 aliphatic carbocycles. The maximum Gasteiger partial charge on any atom is 0.257 e. The monoisotopic (exact) mass is 353 g/mol. The molecule has 1 N–H and O–H groups in total. The van der Waals surface area contributed by atoms with Crippen molar-refractivity contribution in [2.45, 2.75) is 33.2 Å². The summed E-state index contributed by atoms with van der Waals surface area (Å²) in [6.45, 7) is 9.37. The van der Waals surface area contributed by atoms with Crippen molar-refractivity contribution in [1.29, 1.82) is 0 Å². The summed E-state index contributed by atoms with van der Waals surface area (Å²) in [7, 11) is 0. The zero-order valence-electron chi connectivity index (χ0n) is 15.8. The number of nitrogens with zero attached hydrogens (tertiary/aromatic N) is 4. The predicted molar refractivity (Wildman–Crippen MR) is 105 cm³/mol. The number of carbonyl (C=O) groups is 1. The van der Waals surface area contributed by atoms with Gasteiger partial charge in [-0.2, -0.15) is 0 Å². The summed E-state index contributed by atoms with van der Waals surface area (Å²) in [5.41, 5.74) is 3.02. The molecule has 1 amide bonds. The lowest BCUT2D eigenvalue weighted by molar-refractivity contribution is 0.0746. The molecular formula is C20H27N5O. The molecule has 0 spiro atoms. The van der Waals surface area contributed by atoms with Crippen LogP contribution in [0.5, 0.6) is 0 Å². The highest BCUT2D eigenvalue weighted by Crippen LogP contribution is 2.18. The van der Waals surface area contributed by atoms with Gasteiger partial charge in [-0.15, -0.1) is 0 Å².